The van der Waals surface area contributed by atoms with Crippen LogP contribution in [0.2, 0.25) is 0 Å². The number of hydrogen-bond donors (Lipinski definition) is 1. The van der Waals surface area contributed by atoms with E-state index in [4.69, 9.17) is 5.73 Å². The zero-order valence-electron chi connectivity index (χ0n) is 9.36. The first-order valence-electron chi connectivity index (χ1n) is 4.95. The van der Waals surface area contributed by atoms with E-state index in [-0.39, 0.29) is 11.9 Å². The van der Waals surface area contributed by atoms with Crippen LogP contribution < -0.4 is 5.73 Å². The number of amides is 1. The van der Waals surface area contributed by atoms with Crippen LogP contribution in [0, 0.1) is 6.92 Å². The third kappa shape index (κ3) is 3.00. The van der Waals surface area contributed by atoms with Gasteiger partial charge < -0.3 is 10.6 Å². The Kier molecular flexibility index (Phi) is 4.23. The van der Waals surface area contributed by atoms with E-state index in [1.165, 1.54) is 0 Å². The summed E-state index contributed by atoms with van der Waals surface area (Å²) in [6.45, 7) is 4.46. The van der Waals surface area contributed by atoms with Crippen molar-refractivity contribution in [1.29, 1.82) is 0 Å². The van der Waals surface area contributed by atoms with Crippen molar-refractivity contribution in [3.8, 4) is 0 Å². The third-order valence-corrected chi connectivity index (χ3v) is 3.28. The first-order valence-corrected chi connectivity index (χ1v) is 5.83. The van der Waals surface area contributed by atoms with Crippen LogP contribution in [0.1, 0.15) is 23.9 Å². The van der Waals surface area contributed by atoms with Gasteiger partial charge in [-0.2, -0.15) is 0 Å². The van der Waals surface area contributed by atoms with Crippen molar-refractivity contribution < 1.29 is 4.79 Å². The van der Waals surface area contributed by atoms with Gasteiger partial charge in [-0.15, -0.1) is 11.3 Å². The van der Waals surface area contributed by atoms with Crippen LogP contribution >= 0.6 is 11.3 Å². The van der Waals surface area contributed by atoms with Gasteiger partial charge in [0.1, 0.15) is 0 Å². The number of carbonyl (C=O) groups is 1. The number of carbonyl (C=O) groups excluding carboxylic acids is 1. The van der Waals surface area contributed by atoms with Gasteiger partial charge in [-0.05, 0) is 13.3 Å². The van der Waals surface area contributed by atoms with Crippen molar-refractivity contribution in [3.63, 3.8) is 0 Å². The highest BCUT2D eigenvalue weighted by atomic mass is 32.1. The normalized spacial score (nSPS) is 12.5. The lowest BCUT2D eigenvalue weighted by Crippen LogP contribution is -2.40. The highest BCUT2D eigenvalue weighted by Gasteiger charge is 2.17. The second-order valence-corrected chi connectivity index (χ2v) is 4.51. The Bertz CT molecular complexity index is 337. The highest BCUT2D eigenvalue weighted by Crippen LogP contribution is 2.14. The van der Waals surface area contributed by atoms with Crippen LogP contribution in [0.3, 0.4) is 0 Å². The van der Waals surface area contributed by atoms with Crippen LogP contribution in [0.25, 0.3) is 0 Å². The third-order valence-electron chi connectivity index (χ3n) is 2.36. The summed E-state index contributed by atoms with van der Waals surface area (Å²) in [4.78, 5) is 18.6. The monoisotopic (exact) mass is 227 g/mol. The van der Waals surface area contributed by atoms with E-state index < -0.39 is 0 Å². The molecule has 0 saturated carbocycles. The summed E-state index contributed by atoms with van der Waals surface area (Å²) >= 11 is 1.57. The maximum Gasteiger partial charge on any atom is 0.239 e. The molecule has 0 bridgehead atoms. The van der Waals surface area contributed by atoms with Gasteiger partial charge in [0.15, 0.2) is 0 Å². The molecule has 84 valence electrons. The van der Waals surface area contributed by atoms with Crippen molar-refractivity contribution in [1.82, 2.24) is 9.88 Å². The van der Waals surface area contributed by atoms with Gasteiger partial charge in [0, 0.05) is 11.9 Å². The largest absolute Gasteiger partial charge is 0.339 e. The minimum atomic E-state index is -0.386. The maximum absolute atomic E-state index is 11.7. The fourth-order valence-corrected chi connectivity index (χ4v) is 2.06. The lowest BCUT2D eigenvalue weighted by Gasteiger charge is -2.19. The van der Waals surface area contributed by atoms with Gasteiger partial charge in [-0.25, -0.2) is 4.98 Å². The van der Waals surface area contributed by atoms with Gasteiger partial charge in [0.25, 0.3) is 0 Å². The molecule has 0 saturated heterocycles. The number of nitrogens with zero attached hydrogens (tertiary/aromatic N) is 2. The van der Waals surface area contributed by atoms with E-state index in [9.17, 15) is 4.79 Å². The summed E-state index contributed by atoms with van der Waals surface area (Å²) in [7, 11) is 1.77. The predicted octanol–water partition coefficient (Wildman–Crippen LogP) is 1.15. The predicted molar refractivity (Wildman–Crippen MR) is 61.6 cm³/mol. The fraction of sp³-hybridized carbons (Fsp3) is 0.600. The second kappa shape index (κ2) is 5.23. The minimum Gasteiger partial charge on any atom is -0.339 e. The summed E-state index contributed by atoms with van der Waals surface area (Å²) in [6.07, 6.45) is 0.671. The molecule has 1 aromatic rings. The lowest BCUT2D eigenvalue weighted by molar-refractivity contribution is -0.131. The number of thiazole rings is 1. The molecule has 1 aromatic heterocycles. The number of aromatic nitrogens is 1. The van der Waals surface area contributed by atoms with Gasteiger partial charge in [0.2, 0.25) is 5.91 Å². The Morgan fingerprint density at radius 3 is 2.87 bits per heavy atom. The Balaban J connectivity index is 2.60. The van der Waals surface area contributed by atoms with Crippen LogP contribution in [-0.2, 0) is 11.3 Å². The average molecular weight is 227 g/mol. The first-order chi connectivity index (χ1) is 7.06. The van der Waals surface area contributed by atoms with E-state index in [0.29, 0.717) is 13.0 Å². The Labute approximate surface area is 94.1 Å². The van der Waals surface area contributed by atoms with E-state index >= 15 is 0 Å². The number of hydrogen-bond acceptors (Lipinski definition) is 4. The molecule has 1 heterocycles. The van der Waals surface area contributed by atoms with Gasteiger partial charge in [-0.3, -0.25) is 4.79 Å². The Hall–Kier alpha value is -0.940. The maximum atomic E-state index is 11.7. The van der Waals surface area contributed by atoms with Crippen molar-refractivity contribution in [2.24, 2.45) is 5.73 Å². The van der Waals surface area contributed by atoms with E-state index in [1.807, 2.05) is 13.8 Å². The summed E-state index contributed by atoms with van der Waals surface area (Å²) in [5.74, 6) is -0.00898. The summed E-state index contributed by atoms with van der Waals surface area (Å²) < 4.78 is 0. The van der Waals surface area contributed by atoms with E-state index in [0.717, 1.165) is 10.6 Å². The summed E-state index contributed by atoms with van der Waals surface area (Å²) in [5, 5.41) is 0. The minimum absolute atomic E-state index is 0.00898. The molecular formula is C10H17N3OS. The van der Waals surface area contributed by atoms with Crippen LogP contribution in [0.4, 0.5) is 0 Å². The molecule has 1 amide bonds. The second-order valence-electron chi connectivity index (χ2n) is 3.57. The molecule has 0 aliphatic heterocycles. The van der Waals surface area contributed by atoms with Crippen molar-refractivity contribution >= 4 is 17.2 Å². The lowest BCUT2D eigenvalue weighted by atomic mass is 10.2. The smallest absolute Gasteiger partial charge is 0.239 e. The van der Waals surface area contributed by atoms with Crippen molar-refractivity contribution in [3.05, 3.63) is 16.1 Å². The molecule has 1 rings (SSSR count). The topological polar surface area (TPSA) is 59.2 Å². The molecule has 0 aliphatic carbocycles. The Morgan fingerprint density at radius 1 is 1.73 bits per heavy atom. The zero-order valence-corrected chi connectivity index (χ0v) is 10.2. The molecule has 5 heteroatoms. The highest BCUT2D eigenvalue weighted by molar-refractivity contribution is 7.09. The molecule has 0 radical (unpaired) electrons. The number of likely N-dealkylation sites (N-methyl/N-ethyl adjacent to an activating group) is 1. The SMILES string of the molecule is CC[C@@H](N)C(=O)N(C)Cc1scnc1C. The molecule has 15 heavy (non-hydrogen) atoms. The van der Waals surface area contributed by atoms with Crippen molar-refractivity contribution in [2.75, 3.05) is 7.05 Å². The fourth-order valence-electron chi connectivity index (χ4n) is 1.23. The van der Waals surface area contributed by atoms with E-state index in [1.54, 1.807) is 28.8 Å². The standard InChI is InChI=1S/C10H17N3OS/c1-4-8(11)10(14)13(3)5-9-7(2)12-6-15-9/h6,8H,4-5,11H2,1-3H3/t8-/m1/s1. The molecular weight excluding hydrogens is 210 g/mol. The average Bonchev–Trinajstić information content (AvgIpc) is 2.62. The van der Waals surface area contributed by atoms with Crippen molar-refractivity contribution in [2.45, 2.75) is 32.9 Å². The Morgan fingerprint density at radius 2 is 2.40 bits per heavy atom. The van der Waals surface area contributed by atoms with Gasteiger partial charge in [-0.1, -0.05) is 6.92 Å². The molecule has 0 aliphatic rings. The molecule has 0 fully saturated rings. The molecule has 0 unspecified atom stereocenters. The quantitative estimate of drug-likeness (QED) is 0.839. The molecule has 1 atom stereocenters. The van der Waals surface area contributed by atoms with Gasteiger partial charge >= 0.3 is 0 Å². The number of aryl methyl sites for hydroxylation is 1. The molecule has 4 nitrogen and oxygen atoms in total. The number of rotatable bonds is 4. The first kappa shape index (κ1) is 12.1. The molecule has 0 spiro atoms. The van der Waals surface area contributed by atoms with E-state index in [2.05, 4.69) is 4.98 Å². The molecule has 2 N–H and O–H groups in total. The van der Waals surface area contributed by atoms with Crippen LogP contribution in [0.15, 0.2) is 5.51 Å². The number of nitrogens with two attached hydrogens (primary N) is 1. The summed E-state index contributed by atoms with van der Waals surface area (Å²) in [5.41, 5.74) is 8.47. The summed E-state index contributed by atoms with van der Waals surface area (Å²) in [6, 6.07) is -0.386. The zero-order chi connectivity index (χ0) is 11.4. The molecule has 0 aromatic carbocycles. The van der Waals surface area contributed by atoms with Gasteiger partial charge in [0.05, 0.1) is 23.8 Å². The van der Waals surface area contributed by atoms with Crippen LogP contribution in [0.5, 0.6) is 0 Å². The van der Waals surface area contributed by atoms with Crippen LogP contribution in [-0.4, -0.2) is 28.9 Å².